The number of nitrogens with one attached hydrogen (secondary N) is 1. The molecule has 0 saturated carbocycles. The minimum Gasteiger partial charge on any atom is -0.386 e. The van der Waals surface area contributed by atoms with Crippen molar-refractivity contribution < 1.29 is 9.50 Å². The Morgan fingerprint density at radius 2 is 2.33 bits per heavy atom. The van der Waals surface area contributed by atoms with Crippen molar-refractivity contribution in [1.29, 1.82) is 0 Å². The van der Waals surface area contributed by atoms with Crippen LogP contribution in [0.5, 0.6) is 0 Å². The molecule has 0 radical (unpaired) electrons. The topological polar surface area (TPSA) is 36.0 Å². The Bertz CT molecular complexity index is 329. The molecule has 2 N–H and O–H groups in total. The van der Waals surface area contributed by atoms with Gasteiger partial charge in [-0.15, -0.1) is 0 Å². The van der Waals surface area contributed by atoms with E-state index in [-0.39, 0.29) is 0 Å². The molecule has 1 heterocycles. The van der Waals surface area contributed by atoms with Gasteiger partial charge in [-0.05, 0) is 19.1 Å². The van der Waals surface area contributed by atoms with Gasteiger partial charge in [-0.25, -0.2) is 4.39 Å². The van der Waals surface area contributed by atoms with Crippen molar-refractivity contribution in [2.24, 2.45) is 0 Å². The summed E-state index contributed by atoms with van der Waals surface area (Å²) in [6, 6.07) is 1.73. The van der Waals surface area contributed by atoms with E-state index >= 15 is 0 Å². The van der Waals surface area contributed by atoms with Crippen molar-refractivity contribution in [3.63, 3.8) is 0 Å². The molecule has 2 nitrogen and oxygen atoms in total. The number of aromatic nitrogens is 1. The smallest absolute Gasteiger partial charge is 0.157 e. The lowest BCUT2D eigenvalue weighted by molar-refractivity contribution is 0.115. The number of aliphatic hydroxyl groups is 1. The van der Waals surface area contributed by atoms with Crippen LogP contribution in [-0.4, -0.2) is 16.2 Å². The maximum Gasteiger partial charge on any atom is 0.157 e. The average Bonchev–Trinajstić information content (AvgIpc) is 2.39. The van der Waals surface area contributed by atoms with Crippen LogP contribution in [0.1, 0.15) is 23.1 Å². The molecule has 2 rings (SSSR count). The van der Waals surface area contributed by atoms with Gasteiger partial charge in [0.1, 0.15) is 6.10 Å². The van der Waals surface area contributed by atoms with Crippen LogP contribution in [0.4, 0.5) is 4.39 Å². The summed E-state index contributed by atoms with van der Waals surface area (Å²) < 4.78 is 13.3. The number of hydrogen-bond donors (Lipinski definition) is 2. The Morgan fingerprint density at radius 3 is 3.08 bits per heavy atom. The molecule has 1 unspecified atom stereocenters. The first-order chi connectivity index (χ1) is 5.68. The molecule has 12 heavy (non-hydrogen) atoms. The fourth-order valence-corrected chi connectivity index (χ4v) is 1.47. The van der Waals surface area contributed by atoms with Crippen molar-refractivity contribution in [2.75, 3.05) is 0 Å². The molecule has 1 aromatic heterocycles. The number of halogens is 1. The summed E-state index contributed by atoms with van der Waals surface area (Å²) in [6.07, 6.45) is 0.897. The minimum atomic E-state index is -1.28. The van der Waals surface area contributed by atoms with Crippen LogP contribution in [0.15, 0.2) is 12.1 Å². The highest BCUT2D eigenvalue weighted by Gasteiger charge is 2.25. The van der Waals surface area contributed by atoms with Crippen LogP contribution >= 0.6 is 0 Å². The first kappa shape index (κ1) is 7.55. The molecule has 1 aliphatic rings. The quantitative estimate of drug-likeness (QED) is 0.606. The Balaban J connectivity index is 2.50. The molecule has 0 spiro atoms. The van der Waals surface area contributed by atoms with Crippen molar-refractivity contribution in [3.8, 4) is 0 Å². The summed E-state index contributed by atoms with van der Waals surface area (Å²) in [4.78, 5) is 3.01. The Hall–Kier alpha value is -1.09. The monoisotopic (exact) mass is 167 g/mol. The number of hydrogen-bond acceptors (Lipinski definition) is 1. The summed E-state index contributed by atoms with van der Waals surface area (Å²) in [5.74, 6) is 0. The van der Waals surface area contributed by atoms with E-state index in [1.165, 1.54) is 6.08 Å². The number of aromatic amines is 1. The predicted octanol–water partition coefficient (Wildman–Crippen LogP) is 1.72. The molecular formula is C9H10FNO. The van der Waals surface area contributed by atoms with Gasteiger partial charge in [-0.3, -0.25) is 0 Å². The highest BCUT2D eigenvalue weighted by Crippen LogP contribution is 2.31. The van der Waals surface area contributed by atoms with E-state index in [2.05, 4.69) is 4.98 Å². The van der Waals surface area contributed by atoms with Crippen molar-refractivity contribution >= 4 is 6.08 Å². The lowest BCUT2D eigenvalue weighted by atomic mass is 10.0. The fraction of sp³-hybridized carbons (Fsp3) is 0.333. The highest BCUT2D eigenvalue weighted by atomic mass is 19.1. The van der Waals surface area contributed by atoms with Gasteiger partial charge in [0.15, 0.2) is 6.17 Å². The zero-order valence-electron chi connectivity index (χ0n) is 6.71. The molecule has 0 bridgehead atoms. The number of fused-ring (bicyclic) bond motifs is 1. The molecule has 64 valence electrons. The maximum atomic E-state index is 13.3. The van der Waals surface area contributed by atoms with E-state index in [9.17, 15) is 4.39 Å². The van der Waals surface area contributed by atoms with Crippen molar-refractivity contribution in [1.82, 2.24) is 4.98 Å². The predicted molar refractivity (Wildman–Crippen MR) is 44.4 cm³/mol. The van der Waals surface area contributed by atoms with E-state index in [0.717, 1.165) is 11.4 Å². The summed E-state index contributed by atoms with van der Waals surface area (Å²) in [5.41, 5.74) is 2.24. The second-order valence-corrected chi connectivity index (χ2v) is 3.07. The van der Waals surface area contributed by atoms with Gasteiger partial charge in [-0.2, -0.15) is 0 Å². The molecule has 3 heteroatoms. The normalized spacial score (nSPS) is 27.2. The van der Waals surface area contributed by atoms with Crippen LogP contribution in [0.2, 0.25) is 0 Å². The second-order valence-electron chi connectivity index (χ2n) is 3.07. The molecule has 0 amide bonds. The van der Waals surface area contributed by atoms with Crippen LogP contribution in [0.3, 0.4) is 0 Å². The van der Waals surface area contributed by atoms with Crippen LogP contribution in [0.25, 0.3) is 6.08 Å². The lowest BCUT2D eigenvalue weighted by Crippen LogP contribution is -2.14. The third-order valence-corrected chi connectivity index (χ3v) is 2.07. The summed E-state index contributed by atoms with van der Waals surface area (Å²) in [5, 5.41) is 9.16. The van der Waals surface area contributed by atoms with E-state index in [1.54, 1.807) is 12.1 Å². The van der Waals surface area contributed by atoms with E-state index in [1.807, 2.05) is 6.92 Å². The van der Waals surface area contributed by atoms with E-state index in [4.69, 9.17) is 5.11 Å². The Labute approximate surface area is 69.7 Å². The fourth-order valence-electron chi connectivity index (χ4n) is 1.47. The number of alkyl halides is 1. The Kier molecular flexibility index (Phi) is 1.54. The van der Waals surface area contributed by atoms with Gasteiger partial charge in [-0.1, -0.05) is 6.08 Å². The first-order valence-electron chi connectivity index (χ1n) is 3.88. The summed E-state index contributed by atoms with van der Waals surface area (Å²) in [7, 11) is 0. The zero-order valence-corrected chi connectivity index (χ0v) is 6.71. The number of rotatable bonds is 0. The van der Waals surface area contributed by atoms with Crippen molar-refractivity contribution in [2.45, 2.75) is 19.2 Å². The largest absolute Gasteiger partial charge is 0.386 e. The number of aryl methyl sites for hydroxylation is 1. The van der Waals surface area contributed by atoms with Crippen LogP contribution in [0, 0.1) is 6.92 Å². The van der Waals surface area contributed by atoms with Gasteiger partial charge < -0.3 is 10.1 Å². The zero-order chi connectivity index (χ0) is 8.72. The van der Waals surface area contributed by atoms with E-state index < -0.39 is 12.3 Å². The third-order valence-electron chi connectivity index (χ3n) is 2.07. The summed E-state index contributed by atoms with van der Waals surface area (Å²) in [6.45, 7) is 1.87. The standard InChI is InChI=1S/C9H10FNO/c1-5-4-6-7(11-5)2-3-8(12)9(6)10/h2-4,8-9,11-12H,1H3/t8-,9?/m0/s1. The van der Waals surface area contributed by atoms with Crippen molar-refractivity contribution in [3.05, 3.63) is 29.1 Å². The number of aliphatic hydroxyl groups excluding tert-OH is 1. The molecule has 0 aliphatic heterocycles. The summed E-state index contributed by atoms with van der Waals surface area (Å²) >= 11 is 0. The molecular weight excluding hydrogens is 157 g/mol. The van der Waals surface area contributed by atoms with Gasteiger partial charge in [0.05, 0.1) is 0 Å². The minimum absolute atomic E-state index is 0.558. The average molecular weight is 167 g/mol. The van der Waals surface area contributed by atoms with Crippen LogP contribution in [-0.2, 0) is 0 Å². The molecule has 0 aromatic carbocycles. The maximum absolute atomic E-state index is 13.3. The molecule has 1 aromatic rings. The lowest BCUT2D eigenvalue weighted by Gasteiger charge is -2.15. The Morgan fingerprint density at radius 1 is 1.58 bits per heavy atom. The second kappa shape index (κ2) is 2.45. The number of H-pyrrole nitrogens is 1. The van der Waals surface area contributed by atoms with Gasteiger partial charge in [0, 0.05) is 17.0 Å². The highest BCUT2D eigenvalue weighted by molar-refractivity contribution is 5.55. The van der Waals surface area contributed by atoms with E-state index in [0.29, 0.717) is 5.56 Å². The molecule has 0 saturated heterocycles. The first-order valence-corrected chi connectivity index (χ1v) is 3.88. The molecule has 1 aliphatic carbocycles. The van der Waals surface area contributed by atoms with Gasteiger partial charge in [0.2, 0.25) is 0 Å². The molecule has 0 fully saturated rings. The SMILES string of the molecule is Cc1cc2c([nH]1)C=C[C@H](O)C2F. The van der Waals surface area contributed by atoms with Gasteiger partial charge in [0.25, 0.3) is 0 Å². The third kappa shape index (κ3) is 0.975. The van der Waals surface area contributed by atoms with Crippen LogP contribution < -0.4 is 0 Å². The van der Waals surface area contributed by atoms with Gasteiger partial charge >= 0.3 is 0 Å². The molecule has 2 atom stereocenters.